The van der Waals surface area contributed by atoms with Crippen LogP contribution in [0.4, 0.5) is 0 Å². The first-order valence-electron chi connectivity index (χ1n) is 5.77. The van der Waals surface area contributed by atoms with E-state index in [-0.39, 0.29) is 4.90 Å². The van der Waals surface area contributed by atoms with Crippen LogP contribution in [-0.4, -0.2) is 43.3 Å². The number of sulfonamides is 1. The molecule has 0 unspecified atom stereocenters. The van der Waals surface area contributed by atoms with E-state index in [9.17, 15) is 18.3 Å². The number of benzene rings is 1. The van der Waals surface area contributed by atoms with Gasteiger partial charge in [0.1, 0.15) is 6.29 Å². The van der Waals surface area contributed by atoms with E-state index in [1.165, 1.54) is 16.4 Å². The maximum Gasteiger partial charge on any atom is 0.243 e. The molecule has 0 amide bonds. The fourth-order valence-corrected chi connectivity index (χ4v) is 3.51. The zero-order valence-corrected chi connectivity index (χ0v) is 10.6. The zero-order chi connectivity index (χ0) is 13.2. The predicted octanol–water partition coefficient (Wildman–Crippen LogP) is 0.645. The van der Waals surface area contributed by atoms with Crippen LogP contribution in [-0.2, 0) is 10.0 Å². The van der Waals surface area contributed by atoms with Crippen molar-refractivity contribution in [2.24, 2.45) is 0 Å². The Morgan fingerprint density at radius 1 is 1.28 bits per heavy atom. The first kappa shape index (κ1) is 13.2. The second kappa shape index (κ2) is 5.17. The van der Waals surface area contributed by atoms with Gasteiger partial charge in [-0.05, 0) is 25.0 Å². The molecule has 0 aromatic heterocycles. The minimum Gasteiger partial charge on any atom is -0.393 e. The van der Waals surface area contributed by atoms with Crippen molar-refractivity contribution in [3.63, 3.8) is 0 Å². The van der Waals surface area contributed by atoms with Crippen LogP contribution in [0, 0.1) is 0 Å². The number of aldehydes is 1. The van der Waals surface area contributed by atoms with Gasteiger partial charge in [-0.1, -0.05) is 12.1 Å². The number of nitrogens with zero attached hydrogens (tertiary/aromatic N) is 1. The third-order valence-corrected chi connectivity index (χ3v) is 4.95. The zero-order valence-electron chi connectivity index (χ0n) is 9.82. The number of aliphatic hydroxyl groups excluding tert-OH is 1. The molecular weight excluding hydrogens is 254 g/mol. The predicted molar refractivity (Wildman–Crippen MR) is 65.8 cm³/mol. The molecule has 18 heavy (non-hydrogen) atoms. The molecule has 98 valence electrons. The Hall–Kier alpha value is -1.24. The van der Waals surface area contributed by atoms with Crippen molar-refractivity contribution in [1.82, 2.24) is 4.31 Å². The maximum absolute atomic E-state index is 12.3. The lowest BCUT2D eigenvalue weighted by atomic mass is 10.1. The number of hydrogen-bond acceptors (Lipinski definition) is 4. The van der Waals surface area contributed by atoms with E-state index in [0.717, 1.165) is 0 Å². The van der Waals surface area contributed by atoms with Crippen molar-refractivity contribution >= 4 is 16.3 Å². The first-order chi connectivity index (χ1) is 8.54. The van der Waals surface area contributed by atoms with Crippen molar-refractivity contribution in [2.45, 2.75) is 23.8 Å². The molecule has 0 aliphatic carbocycles. The van der Waals surface area contributed by atoms with Crippen LogP contribution < -0.4 is 0 Å². The van der Waals surface area contributed by atoms with Gasteiger partial charge in [-0.2, -0.15) is 4.31 Å². The topological polar surface area (TPSA) is 74.7 Å². The summed E-state index contributed by atoms with van der Waals surface area (Å²) in [6, 6.07) is 5.96. The van der Waals surface area contributed by atoms with Gasteiger partial charge >= 0.3 is 0 Å². The molecule has 0 radical (unpaired) electrons. The van der Waals surface area contributed by atoms with Crippen LogP contribution in [0.15, 0.2) is 29.2 Å². The van der Waals surface area contributed by atoms with E-state index >= 15 is 0 Å². The minimum absolute atomic E-state index is 0.128. The Balaban J connectivity index is 2.27. The van der Waals surface area contributed by atoms with E-state index in [4.69, 9.17) is 0 Å². The maximum atomic E-state index is 12.3. The normalized spacial score (nSPS) is 18.7. The van der Waals surface area contributed by atoms with E-state index in [1.807, 2.05) is 0 Å². The molecule has 5 nitrogen and oxygen atoms in total. The summed E-state index contributed by atoms with van der Waals surface area (Å²) in [6.07, 6.45) is 1.11. The Bertz CT molecular complexity index is 533. The number of piperidine rings is 1. The smallest absolute Gasteiger partial charge is 0.243 e. The average Bonchev–Trinajstić information content (AvgIpc) is 2.39. The summed E-state index contributed by atoms with van der Waals surface area (Å²) in [5.74, 6) is 0. The number of aliphatic hydroxyl groups is 1. The molecular formula is C12H15NO4S. The fourth-order valence-electron chi connectivity index (χ4n) is 1.98. The van der Waals surface area contributed by atoms with Crippen molar-refractivity contribution in [2.75, 3.05) is 13.1 Å². The molecule has 1 aliphatic rings. The summed E-state index contributed by atoms with van der Waals surface area (Å²) in [7, 11) is -3.55. The first-order valence-corrected chi connectivity index (χ1v) is 7.21. The lowest BCUT2D eigenvalue weighted by Crippen LogP contribution is -2.40. The lowest BCUT2D eigenvalue weighted by molar-refractivity contribution is 0.112. The monoisotopic (exact) mass is 269 g/mol. The molecule has 2 rings (SSSR count). The van der Waals surface area contributed by atoms with Crippen LogP contribution in [0.2, 0.25) is 0 Å². The highest BCUT2D eigenvalue weighted by Gasteiger charge is 2.28. The third-order valence-electron chi connectivity index (χ3n) is 3.06. The molecule has 1 aromatic carbocycles. The fraction of sp³-hybridized carbons (Fsp3) is 0.417. The third kappa shape index (κ3) is 2.60. The van der Waals surface area contributed by atoms with Gasteiger partial charge in [0.05, 0.1) is 11.0 Å². The van der Waals surface area contributed by atoms with Gasteiger partial charge in [0.15, 0.2) is 0 Å². The molecule has 0 bridgehead atoms. The van der Waals surface area contributed by atoms with E-state index in [1.54, 1.807) is 12.1 Å². The largest absolute Gasteiger partial charge is 0.393 e. The van der Waals surface area contributed by atoms with Crippen LogP contribution >= 0.6 is 0 Å². The molecule has 0 spiro atoms. The number of hydrogen-bond donors (Lipinski definition) is 1. The molecule has 1 aliphatic heterocycles. The molecule has 0 saturated carbocycles. The molecule has 6 heteroatoms. The van der Waals surface area contributed by atoms with Crippen LogP contribution in [0.25, 0.3) is 0 Å². The van der Waals surface area contributed by atoms with Gasteiger partial charge in [0.2, 0.25) is 10.0 Å². The Labute approximate surface area is 106 Å². The summed E-state index contributed by atoms with van der Waals surface area (Å²) in [5, 5.41) is 9.38. The van der Waals surface area contributed by atoms with Gasteiger partial charge in [0.25, 0.3) is 0 Å². The second-order valence-corrected chi connectivity index (χ2v) is 6.26. The van der Waals surface area contributed by atoms with Crippen LogP contribution in [0.1, 0.15) is 23.2 Å². The SMILES string of the molecule is O=Cc1cccc(S(=O)(=O)N2CCC(O)CC2)c1. The Kier molecular flexibility index (Phi) is 3.79. The summed E-state index contributed by atoms with van der Waals surface area (Å²) in [4.78, 5) is 10.8. The summed E-state index contributed by atoms with van der Waals surface area (Å²) in [5.41, 5.74) is 0.341. The van der Waals surface area contributed by atoms with Gasteiger partial charge in [0, 0.05) is 18.7 Å². The van der Waals surface area contributed by atoms with Gasteiger partial charge in [-0.15, -0.1) is 0 Å². The van der Waals surface area contributed by atoms with Crippen LogP contribution in [0.3, 0.4) is 0 Å². The van der Waals surface area contributed by atoms with Gasteiger partial charge < -0.3 is 5.11 Å². The van der Waals surface area contributed by atoms with Gasteiger partial charge in [-0.25, -0.2) is 8.42 Å². The van der Waals surface area contributed by atoms with Crippen molar-refractivity contribution in [3.8, 4) is 0 Å². The molecule has 1 aromatic rings. The molecule has 1 N–H and O–H groups in total. The standard InChI is InChI=1S/C12H15NO4S/c14-9-10-2-1-3-12(8-10)18(16,17)13-6-4-11(15)5-7-13/h1-3,8-9,11,15H,4-7H2. The van der Waals surface area contributed by atoms with Crippen molar-refractivity contribution < 1.29 is 18.3 Å². The molecule has 1 heterocycles. The number of rotatable bonds is 3. The molecule has 1 saturated heterocycles. The van der Waals surface area contributed by atoms with Gasteiger partial charge in [-0.3, -0.25) is 4.79 Å². The average molecular weight is 269 g/mol. The highest BCUT2D eigenvalue weighted by molar-refractivity contribution is 7.89. The quantitative estimate of drug-likeness (QED) is 0.817. The number of carbonyl (C=O) groups is 1. The Morgan fingerprint density at radius 3 is 2.56 bits per heavy atom. The summed E-state index contributed by atoms with van der Waals surface area (Å²) >= 11 is 0. The highest BCUT2D eigenvalue weighted by atomic mass is 32.2. The van der Waals surface area contributed by atoms with Crippen molar-refractivity contribution in [1.29, 1.82) is 0 Å². The Morgan fingerprint density at radius 2 is 1.94 bits per heavy atom. The highest BCUT2D eigenvalue weighted by Crippen LogP contribution is 2.21. The van der Waals surface area contributed by atoms with Crippen LogP contribution in [0.5, 0.6) is 0 Å². The lowest BCUT2D eigenvalue weighted by Gasteiger charge is -2.28. The van der Waals surface area contributed by atoms with E-state index in [2.05, 4.69) is 0 Å². The molecule has 1 fully saturated rings. The minimum atomic E-state index is -3.55. The van der Waals surface area contributed by atoms with Crippen molar-refractivity contribution in [3.05, 3.63) is 29.8 Å². The number of carbonyl (C=O) groups excluding carboxylic acids is 1. The molecule has 0 atom stereocenters. The van der Waals surface area contributed by atoms with E-state index in [0.29, 0.717) is 37.8 Å². The summed E-state index contributed by atoms with van der Waals surface area (Å²) < 4.78 is 25.9. The summed E-state index contributed by atoms with van der Waals surface area (Å²) in [6.45, 7) is 0.629. The van der Waals surface area contributed by atoms with E-state index < -0.39 is 16.1 Å². The second-order valence-electron chi connectivity index (χ2n) is 4.33.